The third kappa shape index (κ3) is 1.38. The van der Waals surface area contributed by atoms with E-state index in [1.165, 1.54) is 0 Å². The van der Waals surface area contributed by atoms with Gasteiger partial charge in [0.05, 0.1) is 0 Å². The van der Waals surface area contributed by atoms with Gasteiger partial charge in [0.2, 0.25) is 0 Å². The zero-order valence-corrected chi connectivity index (χ0v) is 5.47. The number of aryl methyl sites for hydroxylation is 2. The molecule has 9 heavy (non-hydrogen) atoms. The minimum Gasteiger partial charge on any atom is -0.283 e. The number of hydrogen-bond donors (Lipinski definition) is 0. The lowest BCUT2D eigenvalue weighted by atomic mass is 10.4. The van der Waals surface area contributed by atoms with Crippen LogP contribution < -0.4 is 5.73 Å². The first-order valence-corrected chi connectivity index (χ1v) is 2.72. The number of nitrogens with zero attached hydrogens (tertiary/aromatic N) is 2. The molecule has 1 N–H and O–H groups in total. The van der Waals surface area contributed by atoms with E-state index in [2.05, 4.69) is 9.97 Å². The third-order valence-corrected chi connectivity index (χ3v) is 0.966. The van der Waals surface area contributed by atoms with Crippen LogP contribution in [-0.4, -0.2) is 9.97 Å². The number of nitrogens with one attached hydrogen (secondary N) is 1. The summed E-state index contributed by atoms with van der Waals surface area (Å²) in [5.41, 5.74) is 7.98. The summed E-state index contributed by atoms with van der Waals surface area (Å²) in [6.45, 7) is 3.64. The lowest BCUT2D eigenvalue weighted by molar-refractivity contribution is 1.00. The predicted octanol–water partition coefficient (Wildman–Crippen LogP) is 1.01. The number of rotatable bonds is 0. The molecule has 0 aliphatic heterocycles. The molecule has 3 heteroatoms. The Morgan fingerprint density at radius 3 is 2.44 bits per heavy atom. The van der Waals surface area contributed by atoms with Crippen molar-refractivity contribution in [2.45, 2.75) is 13.8 Å². The first-order valence-electron chi connectivity index (χ1n) is 2.72. The fourth-order valence-electron chi connectivity index (χ4n) is 0.717. The van der Waals surface area contributed by atoms with Gasteiger partial charge in [-0.15, -0.1) is 0 Å². The van der Waals surface area contributed by atoms with Crippen LogP contribution in [0.4, 0.5) is 5.82 Å². The van der Waals surface area contributed by atoms with Crippen LogP contribution in [-0.2, 0) is 0 Å². The fraction of sp³-hybridized carbons (Fsp3) is 0.333. The zero-order valence-electron chi connectivity index (χ0n) is 5.47. The Bertz CT molecular complexity index is 169. The van der Waals surface area contributed by atoms with Gasteiger partial charge in [-0.2, -0.15) is 0 Å². The lowest BCUT2D eigenvalue weighted by Crippen LogP contribution is -1.90. The normalized spacial score (nSPS) is 9.56. The summed E-state index contributed by atoms with van der Waals surface area (Å²) in [5.74, 6) is 0.958. The second-order valence-corrected chi connectivity index (χ2v) is 1.94. The van der Waals surface area contributed by atoms with E-state index < -0.39 is 0 Å². The highest BCUT2D eigenvalue weighted by atomic mass is 14.9. The molecule has 0 bridgehead atoms. The smallest absolute Gasteiger partial charge is 0.148 e. The van der Waals surface area contributed by atoms with Gasteiger partial charge in [0.1, 0.15) is 11.6 Å². The molecule has 0 amide bonds. The molecule has 0 unspecified atom stereocenters. The van der Waals surface area contributed by atoms with Crippen molar-refractivity contribution in [3.63, 3.8) is 0 Å². The van der Waals surface area contributed by atoms with Crippen molar-refractivity contribution in [1.82, 2.24) is 15.7 Å². The highest BCUT2D eigenvalue weighted by molar-refractivity contribution is 5.24. The van der Waals surface area contributed by atoms with Crippen molar-refractivity contribution >= 4 is 5.82 Å². The minimum atomic E-state index is 0.292. The molecule has 0 atom stereocenters. The molecule has 0 saturated heterocycles. The molecule has 0 spiro atoms. The van der Waals surface area contributed by atoms with Gasteiger partial charge in [-0.25, -0.2) is 9.97 Å². The summed E-state index contributed by atoms with van der Waals surface area (Å²) in [6.07, 6.45) is 0. The van der Waals surface area contributed by atoms with Crippen molar-refractivity contribution in [3.05, 3.63) is 17.6 Å². The summed E-state index contributed by atoms with van der Waals surface area (Å²) < 4.78 is 0. The molecule has 3 nitrogen and oxygen atoms in total. The highest BCUT2D eigenvalue weighted by Gasteiger charge is 1.91. The van der Waals surface area contributed by atoms with Crippen molar-refractivity contribution in [3.8, 4) is 0 Å². The Balaban J connectivity index is 3.17. The molecule has 1 heterocycles. The molecule has 1 rings (SSSR count). The first kappa shape index (κ1) is 6.01. The molecule has 0 aromatic carbocycles. The van der Waals surface area contributed by atoms with Gasteiger partial charge in [-0.05, 0) is 13.8 Å². The molecule has 0 aliphatic carbocycles. The van der Waals surface area contributed by atoms with Crippen molar-refractivity contribution in [2.24, 2.45) is 0 Å². The van der Waals surface area contributed by atoms with Crippen LogP contribution in [0.5, 0.6) is 0 Å². The zero-order chi connectivity index (χ0) is 6.85. The molecule has 47 valence electrons. The van der Waals surface area contributed by atoms with Gasteiger partial charge in [0.15, 0.2) is 0 Å². The van der Waals surface area contributed by atoms with Gasteiger partial charge >= 0.3 is 0 Å². The van der Waals surface area contributed by atoms with Crippen molar-refractivity contribution < 1.29 is 0 Å². The third-order valence-electron chi connectivity index (χ3n) is 0.966. The van der Waals surface area contributed by atoms with Crippen LogP contribution in [0.15, 0.2) is 6.07 Å². The minimum absolute atomic E-state index is 0.292. The van der Waals surface area contributed by atoms with E-state index in [4.69, 9.17) is 5.73 Å². The topological polar surface area (TPSA) is 49.6 Å². The van der Waals surface area contributed by atoms with E-state index in [9.17, 15) is 0 Å². The van der Waals surface area contributed by atoms with E-state index in [0.29, 0.717) is 11.6 Å². The average molecular weight is 122 g/mol. The van der Waals surface area contributed by atoms with E-state index in [0.717, 1.165) is 5.69 Å². The van der Waals surface area contributed by atoms with Gasteiger partial charge in [0.25, 0.3) is 0 Å². The second kappa shape index (κ2) is 2.01. The molecule has 1 aromatic rings. The molecule has 0 saturated carbocycles. The first-order chi connectivity index (χ1) is 4.18. The Labute approximate surface area is 53.9 Å². The van der Waals surface area contributed by atoms with Crippen LogP contribution in [0.2, 0.25) is 0 Å². The molecule has 1 aromatic heterocycles. The average Bonchev–Trinajstić information content (AvgIpc) is 1.59. The maximum Gasteiger partial charge on any atom is 0.148 e. The van der Waals surface area contributed by atoms with E-state index in [-0.39, 0.29) is 0 Å². The predicted molar refractivity (Wildman–Crippen MR) is 34.3 cm³/mol. The van der Waals surface area contributed by atoms with E-state index in [1.807, 2.05) is 6.92 Å². The fourth-order valence-corrected chi connectivity index (χ4v) is 0.717. The van der Waals surface area contributed by atoms with Gasteiger partial charge in [0, 0.05) is 11.8 Å². The van der Waals surface area contributed by atoms with Crippen LogP contribution in [0.1, 0.15) is 11.5 Å². The van der Waals surface area contributed by atoms with Crippen molar-refractivity contribution in [1.29, 1.82) is 0 Å². The molecule has 1 radical (unpaired) electrons. The summed E-state index contributed by atoms with van der Waals surface area (Å²) in [6, 6.07) is 1.63. The Morgan fingerprint density at radius 1 is 1.33 bits per heavy atom. The van der Waals surface area contributed by atoms with Crippen LogP contribution >= 0.6 is 0 Å². The largest absolute Gasteiger partial charge is 0.283 e. The molecule has 0 aliphatic rings. The summed E-state index contributed by atoms with van der Waals surface area (Å²) >= 11 is 0. The molecular weight excluding hydrogens is 114 g/mol. The lowest BCUT2D eigenvalue weighted by Gasteiger charge is -1.94. The molecular formula is C6H8N3. The standard InChI is InChI=1S/C6H8N3/c1-4-3-6(7)9-5(2)8-4/h3,7H,1-2H3. The Morgan fingerprint density at radius 2 is 2.00 bits per heavy atom. The Kier molecular flexibility index (Phi) is 1.34. The second-order valence-electron chi connectivity index (χ2n) is 1.94. The maximum atomic E-state index is 7.13. The quantitative estimate of drug-likeness (QED) is 0.515. The monoisotopic (exact) mass is 122 g/mol. The van der Waals surface area contributed by atoms with Crippen LogP contribution in [0, 0.1) is 13.8 Å². The van der Waals surface area contributed by atoms with Gasteiger partial charge < -0.3 is 0 Å². The molecule has 0 fully saturated rings. The van der Waals surface area contributed by atoms with Crippen LogP contribution in [0.25, 0.3) is 0 Å². The highest BCUT2D eigenvalue weighted by Crippen LogP contribution is 2.00. The van der Waals surface area contributed by atoms with Gasteiger partial charge in [-0.3, -0.25) is 5.73 Å². The Hall–Kier alpha value is -1.12. The summed E-state index contributed by atoms with van der Waals surface area (Å²) in [5, 5.41) is 0. The number of hydrogen-bond acceptors (Lipinski definition) is 2. The maximum absolute atomic E-state index is 7.13. The van der Waals surface area contributed by atoms with Crippen molar-refractivity contribution in [2.75, 3.05) is 0 Å². The van der Waals surface area contributed by atoms with Gasteiger partial charge in [-0.1, -0.05) is 0 Å². The summed E-state index contributed by atoms with van der Waals surface area (Å²) in [7, 11) is 0. The van der Waals surface area contributed by atoms with Crippen LogP contribution in [0.3, 0.4) is 0 Å². The number of aromatic nitrogens is 2. The van der Waals surface area contributed by atoms with E-state index >= 15 is 0 Å². The SMILES string of the molecule is Cc1cc([NH])nc(C)n1. The summed E-state index contributed by atoms with van der Waals surface area (Å²) in [4.78, 5) is 7.79. The van der Waals surface area contributed by atoms with E-state index in [1.54, 1.807) is 13.0 Å².